The second-order valence-corrected chi connectivity index (χ2v) is 4.27. The highest BCUT2D eigenvalue weighted by atomic mass is 16.1. The van der Waals surface area contributed by atoms with Crippen molar-refractivity contribution in [3.05, 3.63) is 35.4 Å². The third-order valence-electron chi connectivity index (χ3n) is 2.84. The standard InChI is InChI=1S/C14H21NO/c1-4-14(16)11(2)9-12-5-7-13(8-6-12)10-15-3/h5-8,11,15H,4,9-10H2,1-3H3. The summed E-state index contributed by atoms with van der Waals surface area (Å²) >= 11 is 0. The van der Waals surface area contributed by atoms with Crippen LogP contribution in [0.2, 0.25) is 0 Å². The Kier molecular flexibility index (Phi) is 5.20. The predicted octanol–water partition coefficient (Wildman–Crippen LogP) is 2.56. The summed E-state index contributed by atoms with van der Waals surface area (Å²) in [7, 11) is 1.94. The monoisotopic (exact) mass is 219 g/mol. The van der Waals surface area contributed by atoms with E-state index in [9.17, 15) is 4.79 Å². The molecular formula is C14H21NO. The first-order chi connectivity index (χ1) is 7.67. The molecule has 0 aliphatic carbocycles. The van der Waals surface area contributed by atoms with E-state index in [0.29, 0.717) is 12.2 Å². The molecule has 16 heavy (non-hydrogen) atoms. The fourth-order valence-electron chi connectivity index (χ4n) is 1.81. The average molecular weight is 219 g/mol. The zero-order valence-corrected chi connectivity index (χ0v) is 10.4. The second kappa shape index (κ2) is 6.44. The molecule has 0 saturated heterocycles. The van der Waals surface area contributed by atoms with Gasteiger partial charge in [-0.15, -0.1) is 0 Å². The lowest BCUT2D eigenvalue weighted by Gasteiger charge is -2.09. The lowest BCUT2D eigenvalue weighted by atomic mass is 9.95. The molecule has 0 aliphatic heterocycles. The molecule has 0 amide bonds. The number of carbonyl (C=O) groups is 1. The van der Waals surface area contributed by atoms with E-state index < -0.39 is 0 Å². The molecule has 1 rings (SSSR count). The molecule has 0 spiro atoms. The molecule has 1 aromatic rings. The van der Waals surface area contributed by atoms with Gasteiger partial charge in [-0.1, -0.05) is 38.1 Å². The van der Waals surface area contributed by atoms with Crippen LogP contribution in [0.1, 0.15) is 31.4 Å². The van der Waals surface area contributed by atoms with Crippen LogP contribution in [0.5, 0.6) is 0 Å². The lowest BCUT2D eigenvalue weighted by Crippen LogP contribution is -2.12. The minimum atomic E-state index is 0.139. The number of hydrogen-bond donors (Lipinski definition) is 1. The van der Waals surface area contributed by atoms with E-state index in [1.54, 1.807) is 0 Å². The molecule has 0 heterocycles. The van der Waals surface area contributed by atoms with Crippen molar-refractivity contribution in [2.75, 3.05) is 7.05 Å². The van der Waals surface area contributed by atoms with Gasteiger partial charge in [0.25, 0.3) is 0 Å². The topological polar surface area (TPSA) is 29.1 Å². The van der Waals surface area contributed by atoms with Crippen LogP contribution >= 0.6 is 0 Å². The van der Waals surface area contributed by atoms with Crippen LogP contribution in [-0.2, 0) is 17.8 Å². The van der Waals surface area contributed by atoms with Gasteiger partial charge < -0.3 is 5.32 Å². The number of rotatable bonds is 6. The fourth-order valence-corrected chi connectivity index (χ4v) is 1.81. The van der Waals surface area contributed by atoms with E-state index in [0.717, 1.165) is 13.0 Å². The van der Waals surface area contributed by atoms with Gasteiger partial charge in [0.2, 0.25) is 0 Å². The summed E-state index contributed by atoms with van der Waals surface area (Å²) in [5.41, 5.74) is 2.52. The van der Waals surface area contributed by atoms with Crippen LogP contribution < -0.4 is 5.32 Å². The van der Waals surface area contributed by atoms with Crippen molar-refractivity contribution < 1.29 is 4.79 Å². The van der Waals surface area contributed by atoms with Gasteiger partial charge in [0.05, 0.1) is 0 Å². The van der Waals surface area contributed by atoms with Gasteiger partial charge >= 0.3 is 0 Å². The second-order valence-electron chi connectivity index (χ2n) is 4.27. The van der Waals surface area contributed by atoms with Crippen LogP contribution in [0.25, 0.3) is 0 Å². The Hall–Kier alpha value is -1.15. The lowest BCUT2D eigenvalue weighted by molar-refractivity contribution is -0.122. The maximum Gasteiger partial charge on any atom is 0.135 e. The molecule has 0 saturated carbocycles. The van der Waals surface area contributed by atoms with Crippen LogP contribution in [-0.4, -0.2) is 12.8 Å². The molecule has 1 aromatic carbocycles. The van der Waals surface area contributed by atoms with Gasteiger partial charge in [-0.3, -0.25) is 4.79 Å². The quantitative estimate of drug-likeness (QED) is 0.796. The molecule has 0 aliphatic rings. The maximum absolute atomic E-state index is 11.5. The van der Waals surface area contributed by atoms with E-state index in [4.69, 9.17) is 0 Å². The SMILES string of the molecule is CCC(=O)C(C)Cc1ccc(CNC)cc1. The highest BCUT2D eigenvalue weighted by molar-refractivity contribution is 5.80. The molecule has 1 atom stereocenters. The van der Waals surface area contributed by atoms with Gasteiger partial charge in [0.1, 0.15) is 5.78 Å². The fraction of sp³-hybridized carbons (Fsp3) is 0.500. The van der Waals surface area contributed by atoms with Crippen LogP contribution in [0.4, 0.5) is 0 Å². The molecule has 0 radical (unpaired) electrons. The van der Waals surface area contributed by atoms with Crippen molar-refractivity contribution in [2.45, 2.75) is 33.2 Å². The molecule has 88 valence electrons. The summed E-state index contributed by atoms with van der Waals surface area (Å²) in [5.74, 6) is 0.486. The number of carbonyl (C=O) groups excluding carboxylic acids is 1. The average Bonchev–Trinajstić information content (AvgIpc) is 2.31. The smallest absolute Gasteiger partial charge is 0.135 e. The van der Waals surface area contributed by atoms with Crippen molar-refractivity contribution in [3.8, 4) is 0 Å². The minimum absolute atomic E-state index is 0.139. The van der Waals surface area contributed by atoms with Crippen LogP contribution in [0.15, 0.2) is 24.3 Å². The highest BCUT2D eigenvalue weighted by Gasteiger charge is 2.10. The molecule has 0 bridgehead atoms. The summed E-state index contributed by atoms with van der Waals surface area (Å²) in [4.78, 5) is 11.5. The number of hydrogen-bond acceptors (Lipinski definition) is 2. The summed E-state index contributed by atoms with van der Waals surface area (Å²) in [5, 5.41) is 3.12. The first-order valence-corrected chi connectivity index (χ1v) is 5.92. The molecule has 0 fully saturated rings. The van der Waals surface area contributed by atoms with Crippen molar-refractivity contribution >= 4 is 5.78 Å². The summed E-state index contributed by atoms with van der Waals surface area (Å²) in [6, 6.07) is 8.47. The van der Waals surface area contributed by atoms with Crippen molar-refractivity contribution in [1.29, 1.82) is 0 Å². The Bertz CT molecular complexity index is 329. The molecular weight excluding hydrogens is 198 g/mol. The van der Waals surface area contributed by atoms with Gasteiger partial charge in [0.15, 0.2) is 0 Å². The van der Waals surface area contributed by atoms with E-state index in [1.165, 1.54) is 11.1 Å². The van der Waals surface area contributed by atoms with Gasteiger partial charge in [-0.25, -0.2) is 0 Å². The third kappa shape index (κ3) is 3.78. The van der Waals surface area contributed by atoms with Gasteiger partial charge in [-0.2, -0.15) is 0 Å². The number of benzene rings is 1. The summed E-state index contributed by atoms with van der Waals surface area (Å²) in [6.45, 7) is 4.83. The summed E-state index contributed by atoms with van der Waals surface area (Å²) < 4.78 is 0. The number of Topliss-reactive ketones (excluding diaryl/α,β-unsaturated/α-hetero) is 1. The highest BCUT2D eigenvalue weighted by Crippen LogP contribution is 2.12. The van der Waals surface area contributed by atoms with E-state index >= 15 is 0 Å². The Labute approximate surface area is 98.1 Å². The maximum atomic E-state index is 11.5. The number of ketones is 1. The Balaban J connectivity index is 2.58. The first-order valence-electron chi connectivity index (χ1n) is 5.92. The van der Waals surface area contributed by atoms with Crippen molar-refractivity contribution in [1.82, 2.24) is 5.32 Å². The number of nitrogens with one attached hydrogen (secondary N) is 1. The van der Waals surface area contributed by atoms with Crippen molar-refractivity contribution in [2.24, 2.45) is 5.92 Å². The predicted molar refractivity (Wildman–Crippen MR) is 67.4 cm³/mol. The molecule has 1 N–H and O–H groups in total. The van der Waals surface area contributed by atoms with Gasteiger partial charge in [0, 0.05) is 18.9 Å². The Morgan fingerprint density at radius 2 is 1.81 bits per heavy atom. The van der Waals surface area contributed by atoms with Crippen LogP contribution in [0, 0.1) is 5.92 Å². The minimum Gasteiger partial charge on any atom is -0.316 e. The first kappa shape index (κ1) is 12.9. The summed E-state index contributed by atoms with van der Waals surface area (Å²) in [6.07, 6.45) is 1.49. The van der Waals surface area contributed by atoms with E-state index in [-0.39, 0.29) is 5.92 Å². The van der Waals surface area contributed by atoms with Crippen LogP contribution in [0.3, 0.4) is 0 Å². The van der Waals surface area contributed by atoms with Gasteiger partial charge in [-0.05, 0) is 24.6 Å². The van der Waals surface area contributed by atoms with E-state index in [2.05, 4.69) is 29.6 Å². The Morgan fingerprint density at radius 1 is 1.25 bits per heavy atom. The van der Waals surface area contributed by atoms with E-state index in [1.807, 2.05) is 20.9 Å². The van der Waals surface area contributed by atoms with Crippen molar-refractivity contribution in [3.63, 3.8) is 0 Å². The third-order valence-corrected chi connectivity index (χ3v) is 2.84. The molecule has 2 nitrogen and oxygen atoms in total. The largest absolute Gasteiger partial charge is 0.316 e. The normalized spacial score (nSPS) is 12.4. The molecule has 1 unspecified atom stereocenters. The molecule has 2 heteroatoms. The zero-order valence-electron chi connectivity index (χ0n) is 10.4. The Morgan fingerprint density at radius 3 is 2.31 bits per heavy atom. The molecule has 0 aromatic heterocycles. The zero-order chi connectivity index (χ0) is 12.0.